The minimum Gasteiger partial charge on any atom is -0.466 e. The van der Waals surface area contributed by atoms with Crippen LogP contribution in [0, 0.1) is 11.8 Å². The van der Waals surface area contributed by atoms with Gasteiger partial charge in [-0.15, -0.1) is 0 Å². The van der Waals surface area contributed by atoms with Gasteiger partial charge in [-0.2, -0.15) is 0 Å². The fourth-order valence-corrected chi connectivity index (χ4v) is 4.56. The van der Waals surface area contributed by atoms with Crippen LogP contribution in [0.2, 0.25) is 0 Å². The molecule has 2 bridgehead atoms. The predicted octanol–water partition coefficient (Wildman–Crippen LogP) is 1.27. The third-order valence-corrected chi connectivity index (χ3v) is 5.45. The van der Waals surface area contributed by atoms with E-state index in [1.54, 1.807) is 6.92 Å². The SMILES string of the molecule is CCOC(=O)[C@H]1[C@@H]2C=C[C@]3(CN(C4CCCC4)C(=O)[C@H]13)O2. The van der Waals surface area contributed by atoms with Crippen LogP contribution in [0.1, 0.15) is 32.6 Å². The van der Waals surface area contributed by atoms with Crippen LogP contribution in [0.25, 0.3) is 0 Å². The molecule has 5 heteroatoms. The predicted molar refractivity (Wildman–Crippen MR) is 74.3 cm³/mol. The van der Waals surface area contributed by atoms with Gasteiger partial charge in [0.1, 0.15) is 11.5 Å². The van der Waals surface area contributed by atoms with Crippen molar-refractivity contribution in [3.05, 3.63) is 12.2 Å². The zero-order valence-electron chi connectivity index (χ0n) is 12.3. The van der Waals surface area contributed by atoms with Gasteiger partial charge in [-0.3, -0.25) is 9.59 Å². The van der Waals surface area contributed by atoms with Crippen molar-refractivity contribution >= 4 is 11.9 Å². The molecule has 0 unspecified atom stereocenters. The average Bonchev–Trinajstić information content (AvgIpc) is 3.19. The zero-order chi connectivity index (χ0) is 14.6. The highest BCUT2D eigenvalue weighted by Gasteiger charge is 2.67. The summed E-state index contributed by atoms with van der Waals surface area (Å²) in [6.07, 6.45) is 8.18. The maximum absolute atomic E-state index is 12.9. The third kappa shape index (κ3) is 1.73. The first-order valence-electron chi connectivity index (χ1n) is 8.00. The fraction of sp³-hybridized carbons (Fsp3) is 0.750. The van der Waals surface area contributed by atoms with Crippen LogP contribution in [0.15, 0.2) is 12.2 Å². The molecular formula is C16H21NO4. The lowest BCUT2D eigenvalue weighted by Crippen LogP contribution is -2.41. The van der Waals surface area contributed by atoms with E-state index in [4.69, 9.17) is 9.47 Å². The van der Waals surface area contributed by atoms with Crippen molar-refractivity contribution in [2.45, 2.75) is 50.4 Å². The highest BCUT2D eigenvalue weighted by Crippen LogP contribution is 2.53. The summed E-state index contributed by atoms with van der Waals surface area (Å²) in [4.78, 5) is 27.1. The molecule has 21 heavy (non-hydrogen) atoms. The van der Waals surface area contributed by atoms with Gasteiger partial charge in [0.2, 0.25) is 5.91 Å². The number of amides is 1. The lowest BCUT2D eigenvalue weighted by atomic mass is 9.77. The minimum atomic E-state index is -0.582. The van der Waals surface area contributed by atoms with E-state index in [1.807, 2.05) is 17.1 Å². The Morgan fingerprint density at radius 1 is 1.48 bits per heavy atom. The van der Waals surface area contributed by atoms with Gasteiger partial charge in [0.05, 0.1) is 25.2 Å². The van der Waals surface area contributed by atoms with Gasteiger partial charge in [0.25, 0.3) is 0 Å². The number of hydrogen-bond donors (Lipinski definition) is 0. The molecular weight excluding hydrogens is 270 g/mol. The quantitative estimate of drug-likeness (QED) is 0.580. The standard InChI is InChI=1S/C16H21NO4/c1-2-20-15(19)12-11-7-8-16(21-11)9-17(14(18)13(12)16)10-5-3-4-6-10/h7-8,10-13H,2-6,9H2,1H3/t11-,12-,13-,16+/m0/s1. The normalized spacial score (nSPS) is 41.1. The Morgan fingerprint density at radius 3 is 2.95 bits per heavy atom. The first-order chi connectivity index (χ1) is 10.2. The summed E-state index contributed by atoms with van der Waals surface area (Å²) in [5, 5.41) is 0. The number of esters is 1. The Labute approximate surface area is 124 Å². The Morgan fingerprint density at radius 2 is 2.24 bits per heavy atom. The molecule has 3 fully saturated rings. The van der Waals surface area contributed by atoms with Crippen molar-refractivity contribution in [3.8, 4) is 0 Å². The van der Waals surface area contributed by atoms with E-state index in [0.29, 0.717) is 19.2 Å². The van der Waals surface area contributed by atoms with Crippen LogP contribution in [-0.4, -0.2) is 47.7 Å². The number of hydrogen-bond acceptors (Lipinski definition) is 4. The molecule has 5 nitrogen and oxygen atoms in total. The second kappa shape index (κ2) is 4.57. The molecule has 3 heterocycles. The van der Waals surface area contributed by atoms with Crippen molar-refractivity contribution in [3.63, 3.8) is 0 Å². The second-order valence-electron chi connectivity index (χ2n) is 6.56. The summed E-state index contributed by atoms with van der Waals surface area (Å²) >= 11 is 0. The molecule has 0 aromatic carbocycles. The van der Waals surface area contributed by atoms with Crippen molar-refractivity contribution < 1.29 is 19.1 Å². The van der Waals surface area contributed by atoms with Crippen LogP contribution in [0.5, 0.6) is 0 Å². The van der Waals surface area contributed by atoms with Crippen molar-refractivity contribution in [1.82, 2.24) is 4.90 Å². The number of likely N-dealkylation sites (tertiary alicyclic amines) is 1. The van der Waals surface area contributed by atoms with Gasteiger partial charge in [-0.05, 0) is 19.8 Å². The topological polar surface area (TPSA) is 55.8 Å². The molecule has 114 valence electrons. The van der Waals surface area contributed by atoms with Crippen LogP contribution in [0.3, 0.4) is 0 Å². The molecule has 0 aromatic rings. The minimum absolute atomic E-state index is 0.0896. The smallest absolute Gasteiger partial charge is 0.312 e. The van der Waals surface area contributed by atoms with Crippen molar-refractivity contribution in [2.24, 2.45) is 11.8 Å². The summed E-state index contributed by atoms with van der Waals surface area (Å²) in [6.45, 7) is 2.73. The highest BCUT2D eigenvalue weighted by molar-refractivity contribution is 5.91. The summed E-state index contributed by atoms with van der Waals surface area (Å²) < 4.78 is 11.2. The van der Waals surface area contributed by atoms with Crippen LogP contribution < -0.4 is 0 Å². The van der Waals surface area contributed by atoms with Crippen molar-refractivity contribution in [2.75, 3.05) is 13.2 Å². The van der Waals surface area contributed by atoms with Gasteiger partial charge in [0.15, 0.2) is 0 Å². The van der Waals surface area contributed by atoms with Crippen LogP contribution in [-0.2, 0) is 19.1 Å². The number of carbonyl (C=O) groups excluding carboxylic acids is 2. The Hall–Kier alpha value is -1.36. The van der Waals surface area contributed by atoms with E-state index in [2.05, 4.69) is 0 Å². The Balaban J connectivity index is 1.63. The first-order valence-corrected chi connectivity index (χ1v) is 8.00. The Kier molecular flexibility index (Phi) is 2.89. The van der Waals surface area contributed by atoms with Gasteiger partial charge in [-0.1, -0.05) is 25.0 Å². The Bertz CT molecular complexity index is 510. The number of ether oxygens (including phenoxy) is 2. The van der Waals surface area contributed by atoms with E-state index in [9.17, 15) is 9.59 Å². The molecule has 3 aliphatic heterocycles. The molecule has 1 spiro atoms. The number of fused-ring (bicyclic) bond motifs is 1. The largest absolute Gasteiger partial charge is 0.466 e. The monoisotopic (exact) mass is 291 g/mol. The van der Waals surface area contributed by atoms with Gasteiger partial charge < -0.3 is 14.4 Å². The maximum atomic E-state index is 12.9. The summed E-state index contributed by atoms with van der Waals surface area (Å²) in [5.74, 6) is -1.05. The van der Waals surface area contributed by atoms with E-state index in [0.717, 1.165) is 12.8 Å². The van der Waals surface area contributed by atoms with E-state index >= 15 is 0 Å². The lowest BCUT2D eigenvalue weighted by molar-refractivity contribution is -0.153. The van der Waals surface area contributed by atoms with Crippen LogP contribution >= 0.6 is 0 Å². The molecule has 1 aliphatic carbocycles. The molecule has 4 aliphatic rings. The molecule has 2 saturated heterocycles. The molecule has 0 aromatic heterocycles. The van der Waals surface area contributed by atoms with Gasteiger partial charge in [0, 0.05) is 6.04 Å². The number of carbonyl (C=O) groups is 2. The molecule has 0 radical (unpaired) electrons. The van der Waals surface area contributed by atoms with E-state index in [-0.39, 0.29) is 23.9 Å². The van der Waals surface area contributed by atoms with Crippen molar-refractivity contribution in [1.29, 1.82) is 0 Å². The highest BCUT2D eigenvalue weighted by atomic mass is 16.6. The fourth-order valence-electron chi connectivity index (χ4n) is 4.56. The number of nitrogens with zero attached hydrogens (tertiary/aromatic N) is 1. The maximum Gasteiger partial charge on any atom is 0.312 e. The zero-order valence-corrected chi connectivity index (χ0v) is 12.3. The summed E-state index contributed by atoms with van der Waals surface area (Å²) in [7, 11) is 0. The molecule has 1 amide bonds. The molecule has 0 N–H and O–H groups in total. The third-order valence-electron chi connectivity index (χ3n) is 5.45. The molecule has 4 atom stereocenters. The number of rotatable bonds is 3. The summed E-state index contributed by atoms with van der Waals surface area (Å²) in [6, 6.07) is 0.330. The van der Waals surface area contributed by atoms with Crippen LogP contribution in [0.4, 0.5) is 0 Å². The van der Waals surface area contributed by atoms with Gasteiger partial charge in [-0.25, -0.2) is 0 Å². The molecule has 1 saturated carbocycles. The van der Waals surface area contributed by atoms with E-state index in [1.165, 1.54) is 12.8 Å². The second-order valence-corrected chi connectivity index (χ2v) is 6.56. The van der Waals surface area contributed by atoms with Gasteiger partial charge >= 0.3 is 5.97 Å². The summed E-state index contributed by atoms with van der Waals surface area (Å²) in [5.41, 5.74) is -0.582. The van der Waals surface area contributed by atoms with E-state index < -0.39 is 11.5 Å². The average molecular weight is 291 g/mol. The lowest BCUT2D eigenvalue weighted by Gasteiger charge is -2.26. The molecule has 4 rings (SSSR count). The first kappa shape index (κ1) is 13.3.